The second kappa shape index (κ2) is 5.66. The molecule has 94 valence electrons. The highest BCUT2D eigenvalue weighted by molar-refractivity contribution is 5.86. The summed E-state index contributed by atoms with van der Waals surface area (Å²) in [6.07, 6.45) is 3.23. The van der Waals surface area contributed by atoms with Crippen molar-refractivity contribution in [2.75, 3.05) is 0 Å². The van der Waals surface area contributed by atoms with Gasteiger partial charge in [-0.25, -0.2) is 4.79 Å². The fourth-order valence-corrected chi connectivity index (χ4v) is 2.00. The number of carboxylic acids is 1. The second-order valence-corrected chi connectivity index (χ2v) is 4.07. The molecule has 0 radical (unpaired) electrons. The molecular formula is C13H20N2O2. The van der Waals surface area contributed by atoms with Crippen LogP contribution in [0.4, 0.5) is 0 Å². The molecule has 0 saturated heterocycles. The molecule has 0 bridgehead atoms. The molecule has 0 aliphatic heterocycles. The first-order valence-corrected chi connectivity index (χ1v) is 5.96. The van der Waals surface area contributed by atoms with Crippen LogP contribution in [0.25, 0.3) is 0 Å². The molecule has 0 atom stereocenters. The van der Waals surface area contributed by atoms with Gasteiger partial charge in [-0.3, -0.25) is 4.68 Å². The van der Waals surface area contributed by atoms with E-state index in [0.717, 1.165) is 17.8 Å². The molecule has 0 unspecified atom stereocenters. The van der Waals surface area contributed by atoms with Crippen LogP contribution in [0.2, 0.25) is 0 Å². The normalized spacial score (nSPS) is 11.9. The van der Waals surface area contributed by atoms with Crippen molar-refractivity contribution < 1.29 is 9.90 Å². The van der Waals surface area contributed by atoms with Gasteiger partial charge in [0.15, 0.2) is 0 Å². The molecule has 0 fully saturated rings. The summed E-state index contributed by atoms with van der Waals surface area (Å²) in [5, 5.41) is 13.4. The molecule has 1 heterocycles. The van der Waals surface area contributed by atoms with Crippen LogP contribution in [0, 0.1) is 13.8 Å². The molecule has 0 spiro atoms. The number of aryl methyl sites for hydroxylation is 1. The summed E-state index contributed by atoms with van der Waals surface area (Å²) < 4.78 is 1.87. The Morgan fingerprint density at radius 3 is 2.47 bits per heavy atom. The number of allylic oxidation sites excluding steroid dienone is 1. The fourth-order valence-electron chi connectivity index (χ4n) is 2.00. The van der Waals surface area contributed by atoms with E-state index >= 15 is 0 Å². The first-order chi connectivity index (χ1) is 8.01. The van der Waals surface area contributed by atoms with Gasteiger partial charge in [0, 0.05) is 11.3 Å². The highest BCUT2D eigenvalue weighted by atomic mass is 16.4. The molecule has 4 nitrogen and oxygen atoms in total. The summed E-state index contributed by atoms with van der Waals surface area (Å²) in [6, 6.07) is 0. The van der Waals surface area contributed by atoms with Crippen LogP contribution in [-0.4, -0.2) is 20.9 Å². The Balaban J connectivity index is 2.93. The van der Waals surface area contributed by atoms with E-state index in [1.807, 2.05) is 25.5 Å². The van der Waals surface area contributed by atoms with Gasteiger partial charge in [-0.05, 0) is 32.3 Å². The maximum atomic E-state index is 10.9. The van der Waals surface area contributed by atoms with Crippen LogP contribution < -0.4 is 0 Å². The summed E-state index contributed by atoms with van der Waals surface area (Å²) in [5.41, 5.74) is 3.86. The standard InChI is InChI=1S/C13H20N2O2/c1-5-11(13(16)17)7-8-15-10(4)12(6-2)9(3)14-15/h7H,5-6,8H2,1-4H3,(H,16,17). The number of aliphatic carboxylic acids is 1. The summed E-state index contributed by atoms with van der Waals surface area (Å²) in [7, 11) is 0. The Morgan fingerprint density at radius 1 is 1.41 bits per heavy atom. The van der Waals surface area contributed by atoms with Crippen molar-refractivity contribution >= 4 is 5.97 Å². The highest BCUT2D eigenvalue weighted by Gasteiger charge is 2.09. The maximum absolute atomic E-state index is 10.9. The van der Waals surface area contributed by atoms with Crippen molar-refractivity contribution in [3.63, 3.8) is 0 Å². The van der Waals surface area contributed by atoms with Crippen LogP contribution in [0.1, 0.15) is 37.2 Å². The van der Waals surface area contributed by atoms with Gasteiger partial charge in [-0.1, -0.05) is 19.9 Å². The predicted octanol–water partition coefficient (Wildman–Crippen LogP) is 2.48. The zero-order valence-corrected chi connectivity index (χ0v) is 10.9. The third kappa shape index (κ3) is 2.96. The monoisotopic (exact) mass is 236 g/mol. The Labute approximate surface area is 102 Å². The number of hydrogen-bond donors (Lipinski definition) is 1. The average Bonchev–Trinajstić information content (AvgIpc) is 2.54. The summed E-state index contributed by atoms with van der Waals surface area (Å²) >= 11 is 0. The quantitative estimate of drug-likeness (QED) is 0.799. The molecule has 0 aromatic carbocycles. The molecule has 0 saturated carbocycles. The van der Waals surface area contributed by atoms with Crippen molar-refractivity contribution in [3.05, 3.63) is 28.6 Å². The molecular weight excluding hydrogens is 216 g/mol. The van der Waals surface area contributed by atoms with Crippen LogP contribution in [0.5, 0.6) is 0 Å². The van der Waals surface area contributed by atoms with Gasteiger partial charge in [0.2, 0.25) is 0 Å². The van der Waals surface area contributed by atoms with Crippen molar-refractivity contribution in [1.82, 2.24) is 9.78 Å². The van der Waals surface area contributed by atoms with Crippen LogP contribution in [0.3, 0.4) is 0 Å². The lowest BCUT2D eigenvalue weighted by Crippen LogP contribution is -2.05. The topological polar surface area (TPSA) is 55.1 Å². The fraction of sp³-hybridized carbons (Fsp3) is 0.538. The Kier molecular flexibility index (Phi) is 4.49. The number of carbonyl (C=O) groups is 1. The Morgan fingerprint density at radius 2 is 2.06 bits per heavy atom. The Hall–Kier alpha value is -1.58. The third-order valence-corrected chi connectivity index (χ3v) is 3.05. The van der Waals surface area contributed by atoms with Crippen molar-refractivity contribution in [2.45, 2.75) is 47.1 Å². The van der Waals surface area contributed by atoms with E-state index in [4.69, 9.17) is 5.11 Å². The lowest BCUT2D eigenvalue weighted by Gasteiger charge is -2.02. The van der Waals surface area contributed by atoms with Gasteiger partial charge in [-0.15, -0.1) is 0 Å². The van der Waals surface area contributed by atoms with Gasteiger partial charge >= 0.3 is 5.97 Å². The summed E-state index contributed by atoms with van der Waals surface area (Å²) in [4.78, 5) is 10.9. The highest BCUT2D eigenvalue weighted by Crippen LogP contribution is 2.14. The lowest BCUT2D eigenvalue weighted by molar-refractivity contribution is -0.132. The summed E-state index contributed by atoms with van der Waals surface area (Å²) in [5.74, 6) is -0.843. The van der Waals surface area contributed by atoms with E-state index in [9.17, 15) is 4.79 Å². The van der Waals surface area contributed by atoms with E-state index in [-0.39, 0.29) is 0 Å². The minimum absolute atomic E-state index is 0.440. The van der Waals surface area contributed by atoms with E-state index < -0.39 is 5.97 Å². The van der Waals surface area contributed by atoms with E-state index in [2.05, 4.69) is 12.0 Å². The Bertz CT molecular complexity index is 445. The number of carboxylic acid groups (broad SMARTS) is 1. The van der Waals surface area contributed by atoms with Gasteiger partial charge in [0.25, 0.3) is 0 Å². The van der Waals surface area contributed by atoms with Crippen LogP contribution >= 0.6 is 0 Å². The predicted molar refractivity (Wildman–Crippen MR) is 67.1 cm³/mol. The van der Waals surface area contributed by atoms with Gasteiger partial charge in [-0.2, -0.15) is 5.10 Å². The minimum atomic E-state index is -0.843. The van der Waals surface area contributed by atoms with Crippen molar-refractivity contribution in [3.8, 4) is 0 Å². The average molecular weight is 236 g/mol. The molecule has 0 aliphatic rings. The number of nitrogens with zero attached hydrogens (tertiary/aromatic N) is 2. The SMILES string of the molecule is CCC(=CCn1nc(C)c(CC)c1C)C(=O)O. The van der Waals surface area contributed by atoms with Crippen LogP contribution in [-0.2, 0) is 17.8 Å². The zero-order chi connectivity index (χ0) is 13.0. The molecule has 0 amide bonds. The number of rotatable bonds is 5. The van der Waals surface area contributed by atoms with E-state index in [1.165, 1.54) is 5.56 Å². The zero-order valence-electron chi connectivity index (χ0n) is 10.9. The molecule has 1 N–H and O–H groups in total. The third-order valence-electron chi connectivity index (χ3n) is 3.05. The largest absolute Gasteiger partial charge is 0.478 e. The van der Waals surface area contributed by atoms with Crippen molar-refractivity contribution in [2.24, 2.45) is 0 Å². The van der Waals surface area contributed by atoms with E-state index in [1.54, 1.807) is 6.08 Å². The first-order valence-electron chi connectivity index (χ1n) is 5.96. The molecule has 17 heavy (non-hydrogen) atoms. The van der Waals surface area contributed by atoms with Crippen molar-refractivity contribution in [1.29, 1.82) is 0 Å². The lowest BCUT2D eigenvalue weighted by atomic mass is 10.1. The molecule has 1 aromatic rings. The molecule has 1 rings (SSSR count). The van der Waals surface area contributed by atoms with Gasteiger partial charge in [0.05, 0.1) is 12.2 Å². The minimum Gasteiger partial charge on any atom is -0.478 e. The summed E-state index contributed by atoms with van der Waals surface area (Å²) in [6.45, 7) is 8.50. The van der Waals surface area contributed by atoms with Gasteiger partial charge in [0.1, 0.15) is 0 Å². The second-order valence-electron chi connectivity index (χ2n) is 4.07. The van der Waals surface area contributed by atoms with Crippen LogP contribution in [0.15, 0.2) is 11.6 Å². The van der Waals surface area contributed by atoms with Gasteiger partial charge < -0.3 is 5.11 Å². The molecule has 4 heteroatoms. The smallest absolute Gasteiger partial charge is 0.331 e. The molecule has 0 aliphatic carbocycles. The first kappa shape index (κ1) is 13.5. The maximum Gasteiger partial charge on any atom is 0.331 e. The number of hydrogen-bond acceptors (Lipinski definition) is 2. The molecule has 1 aromatic heterocycles. The number of aromatic nitrogens is 2. The van der Waals surface area contributed by atoms with E-state index in [0.29, 0.717) is 18.5 Å².